The number of aromatic nitrogens is 2. The molecule has 0 aliphatic rings. The van der Waals surface area contributed by atoms with Crippen molar-refractivity contribution in [2.75, 3.05) is 6.54 Å². The minimum Gasteiger partial charge on any atom is -0.312 e. The fourth-order valence-corrected chi connectivity index (χ4v) is 2.93. The van der Waals surface area contributed by atoms with Crippen molar-refractivity contribution in [3.05, 3.63) is 40.6 Å². The summed E-state index contributed by atoms with van der Waals surface area (Å²) >= 11 is 0. The van der Waals surface area contributed by atoms with Gasteiger partial charge in [0.25, 0.3) is 0 Å². The molecule has 0 amide bonds. The first-order chi connectivity index (χ1) is 9.88. The van der Waals surface area contributed by atoms with E-state index in [2.05, 4.69) is 58.3 Å². The molecule has 0 saturated carbocycles. The Bertz CT molecular complexity index is 600. The molecule has 114 valence electrons. The third-order valence-electron chi connectivity index (χ3n) is 3.69. The Balaban J connectivity index is 2.36. The highest BCUT2D eigenvalue weighted by Crippen LogP contribution is 2.29. The average molecular weight is 285 g/mol. The number of hydrogen-bond acceptors (Lipinski definition) is 2. The molecule has 0 radical (unpaired) electrons. The molecule has 3 nitrogen and oxygen atoms in total. The lowest BCUT2D eigenvalue weighted by Crippen LogP contribution is -2.19. The summed E-state index contributed by atoms with van der Waals surface area (Å²) in [5.74, 6) is 0.660. The summed E-state index contributed by atoms with van der Waals surface area (Å²) in [6.07, 6.45) is 2.13. The van der Waals surface area contributed by atoms with Crippen LogP contribution >= 0.6 is 0 Å². The molecule has 0 atom stereocenters. The van der Waals surface area contributed by atoms with Gasteiger partial charge < -0.3 is 5.32 Å². The zero-order valence-corrected chi connectivity index (χ0v) is 14.1. The smallest absolute Gasteiger partial charge is 0.0973 e. The van der Waals surface area contributed by atoms with Crippen molar-refractivity contribution in [1.82, 2.24) is 15.1 Å². The summed E-state index contributed by atoms with van der Waals surface area (Å²) in [5.41, 5.74) is 7.58. The van der Waals surface area contributed by atoms with Gasteiger partial charge in [-0.3, -0.25) is 4.68 Å². The zero-order chi connectivity index (χ0) is 15.6. The first kappa shape index (κ1) is 15.8. The van der Waals surface area contributed by atoms with Gasteiger partial charge in [0, 0.05) is 30.9 Å². The van der Waals surface area contributed by atoms with Crippen LogP contribution in [-0.2, 0) is 13.6 Å². The third kappa shape index (κ3) is 3.73. The number of hydrogen-bond donors (Lipinski definition) is 1. The maximum atomic E-state index is 4.71. The van der Waals surface area contributed by atoms with Gasteiger partial charge in [0.05, 0.1) is 5.69 Å². The second-order valence-corrected chi connectivity index (χ2v) is 6.48. The van der Waals surface area contributed by atoms with Crippen LogP contribution in [0.25, 0.3) is 11.3 Å². The molecule has 1 N–H and O–H groups in total. The molecule has 0 aliphatic carbocycles. The number of nitrogens with zero attached hydrogens (tertiary/aromatic N) is 2. The van der Waals surface area contributed by atoms with Crippen molar-refractivity contribution in [3.8, 4) is 11.3 Å². The molecule has 0 aliphatic heterocycles. The lowest BCUT2D eigenvalue weighted by Gasteiger charge is -2.12. The number of nitrogens with one attached hydrogen (secondary N) is 1. The van der Waals surface area contributed by atoms with Crippen LogP contribution in [0.1, 0.15) is 36.1 Å². The van der Waals surface area contributed by atoms with Crippen LogP contribution in [0.15, 0.2) is 18.3 Å². The molecule has 1 aromatic carbocycles. The lowest BCUT2D eigenvalue weighted by molar-refractivity contribution is 0.552. The number of benzene rings is 1. The topological polar surface area (TPSA) is 29.9 Å². The summed E-state index contributed by atoms with van der Waals surface area (Å²) < 4.78 is 1.92. The van der Waals surface area contributed by atoms with E-state index in [4.69, 9.17) is 5.10 Å². The van der Waals surface area contributed by atoms with Crippen LogP contribution < -0.4 is 5.32 Å². The fourth-order valence-electron chi connectivity index (χ4n) is 2.93. The van der Waals surface area contributed by atoms with E-state index in [-0.39, 0.29) is 0 Å². The second-order valence-electron chi connectivity index (χ2n) is 6.48. The van der Waals surface area contributed by atoms with Gasteiger partial charge in [-0.2, -0.15) is 5.10 Å². The molecular weight excluding hydrogens is 258 g/mol. The molecule has 2 aromatic rings. The van der Waals surface area contributed by atoms with Crippen molar-refractivity contribution in [3.63, 3.8) is 0 Å². The van der Waals surface area contributed by atoms with Crippen molar-refractivity contribution in [2.24, 2.45) is 13.0 Å². The molecule has 2 rings (SSSR count). The van der Waals surface area contributed by atoms with Gasteiger partial charge in [0.2, 0.25) is 0 Å². The number of aryl methyl sites for hydroxylation is 4. The highest BCUT2D eigenvalue weighted by Gasteiger charge is 2.15. The Morgan fingerprint density at radius 1 is 1.14 bits per heavy atom. The SMILES string of the molecule is Cc1cc(C)c(-c2nn(C)cc2CNCC(C)C)c(C)c1. The van der Waals surface area contributed by atoms with E-state index in [1.807, 2.05) is 11.7 Å². The van der Waals surface area contributed by atoms with Crippen LogP contribution in [0.5, 0.6) is 0 Å². The van der Waals surface area contributed by atoms with E-state index < -0.39 is 0 Å². The summed E-state index contributed by atoms with van der Waals surface area (Å²) in [6.45, 7) is 12.9. The monoisotopic (exact) mass is 285 g/mol. The van der Waals surface area contributed by atoms with Gasteiger partial charge >= 0.3 is 0 Å². The second kappa shape index (κ2) is 6.44. The highest BCUT2D eigenvalue weighted by atomic mass is 15.3. The molecule has 0 saturated heterocycles. The molecule has 21 heavy (non-hydrogen) atoms. The maximum Gasteiger partial charge on any atom is 0.0973 e. The summed E-state index contributed by atoms with van der Waals surface area (Å²) in [5, 5.41) is 8.23. The van der Waals surface area contributed by atoms with Gasteiger partial charge in [-0.1, -0.05) is 31.5 Å². The van der Waals surface area contributed by atoms with Crippen LogP contribution in [0, 0.1) is 26.7 Å². The molecule has 3 heteroatoms. The Hall–Kier alpha value is -1.61. The summed E-state index contributed by atoms with van der Waals surface area (Å²) in [4.78, 5) is 0. The van der Waals surface area contributed by atoms with Gasteiger partial charge in [-0.15, -0.1) is 0 Å². The summed E-state index contributed by atoms with van der Waals surface area (Å²) in [6, 6.07) is 4.48. The lowest BCUT2D eigenvalue weighted by atomic mass is 9.95. The Morgan fingerprint density at radius 2 is 1.76 bits per heavy atom. The largest absolute Gasteiger partial charge is 0.312 e. The molecule has 1 heterocycles. The summed E-state index contributed by atoms with van der Waals surface area (Å²) in [7, 11) is 1.99. The Labute approximate surface area is 128 Å². The van der Waals surface area contributed by atoms with Gasteiger partial charge in [0.1, 0.15) is 0 Å². The van der Waals surface area contributed by atoms with Gasteiger partial charge in [0.15, 0.2) is 0 Å². The van der Waals surface area contributed by atoms with Crippen LogP contribution in [0.2, 0.25) is 0 Å². The fraction of sp³-hybridized carbons (Fsp3) is 0.500. The van der Waals surface area contributed by atoms with E-state index in [0.29, 0.717) is 5.92 Å². The zero-order valence-electron chi connectivity index (χ0n) is 14.1. The van der Waals surface area contributed by atoms with E-state index in [0.717, 1.165) is 18.8 Å². The highest BCUT2D eigenvalue weighted by molar-refractivity contribution is 5.70. The van der Waals surface area contributed by atoms with Gasteiger partial charge in [-0.25, -0.2) is 0 Å². The molecule has 1 aromatic heterocycles. The Morgan fingerprint density at radius 3 is 2.33 bits per heavy atom. The average Bonchev–Trinajstić information content (AvgIpc) is 2.68. The van der Waals surface area contributed by atoms with E-state index >= 15 is 0 Å². The molecule has 0 fully saturated rings. The first-order valence-electron chi connectivity index (χ1n) is 7.70. The molecule has 0 spiro atoms. The maximum absolute atomic E-state index is 4.71. The minimum atomic E-state index is 0.660. The normalized spacial score (nSPS) is 11.4. The molecule has 0 unspecified atom stereocenters. The van der Waals surface area contributed by atoms with E-state index in [9.17, 15) is 0 Å². The molecule has 0 bridgehead atoms. The Kier molecular flexibility index (Phi) is 4.84. The van der Waals surface area contributed by atoms with Crippen LogP contribution in [0.3, 0.4) is 0 Å². The minimum absolute atomic E-state index is 0.660. The molecular formula is C18H27N3. The van der Waals surface area contributed by atoms with Crippen molar-refractivity contribution in [1.29, 1.82) is 0 Å². The standard InChI is InChI=1S/C18H27N3/c1-12(2)9-19-10-16-11-21(6)20-18(16)17-14(4)7-13(3)8-15(17)5/h7-8,11-12,19H,9-10H2,1-6H3. The van der Waals surface area contributed by atoms with Crippen molar-refractivity contribution in [2.45, 2.75) is 41.2 Å². The van der Waals surface area contributed by atoms with E-state index in [1.54, 1.807) is 0 Å². The first-order valence-corrected chi connectivity index (χ1v) is 7.70. The predicted molar refractivity (Wildman–Crippen MR) is 89.4 cm³/mol. The van der Waals surface area contributed by atoms with Crippen molar-refractivity contribution < 1.29 is 0 Å². The van der Waals surface area contributed by atoms with Gasteiger partial charge in [-0.05, 0) is 44.4 Å². The number of rotatable bonds is 5. The quantitative estimate of drug-likeness (QED) is 0.906. The van der Waals surface area contributed by atoms with E-state index in [1.165, 1.54) is 27.8 Å². The van der Waals surface area contributed by atoms with Crippen LogP contribution in [-0.4, -0.2) is 16.3 Å². The third-order valence-corrected chi connectivity index (χ3v) is 3.69. The predicted octanol–water partition coefficient (Wildman–Crippen LogP) is 3.76. The van der Waals surface area contributed by atoms with Crippen molar-refractivity contribution >= 4 is 0 Å². The van der Waals surface area contributed by atoms with Crippen LogP contribution in [0.4, 0.5) is 0 Å².